The Bertz CT molecular complexity index is 1030. The molecule has 9 heteroatoms. The Morgan fingerprint density at radius 2 is 1.73 bits per heavy atom. The van der Waals surface area contributed by atoms with Crippen molar-refractivity contribution in [3.05, 3.63) is 52.5 Å². The van der Waals surface area contributed by atoms with Gasteiger partial charge in [0.15, 0.2) is 11.5 Å². The predicted octanol–water partition coefficient (Wildman–Crippen LogP) is 3.48. The first-order valence-electron chi connectivity index (χ1n) is 9.21. The average molecular weight is 455 g/mol. The summed E-state index contributed by atoms with van der Waals surface area (Å²) >= 11 is 6.08. The number of nitrogens with zero attached hydrogens (tertiary/aromatic N) is 2. The van der Waals surface area contributed by atoms with Crippen LogP contribution < -0.4 is 13.8 Å². The molecule has 0 spiro atoms. The van der Waals surface area contributed by atoms with Gasteiger partial charge in [-0.15, -0.1) is 0 Å². The van der Waals surface area contributed by atoms with Crippen LogP contribution in [-0.2, 0) is 21.4 Å². The molecular weight excluding hydrogens is 428 g/mol. The lowest BCUT2D eigenvalue weighted by molar-refractivity contribution is -0.131. The minimum Gasteiger partial charge on any atom is -0.493 e. The van der Waals surface area contributed by atoms with E-state index < -0.39 is 16.1 Å². The van der Waals surface area contributed by atoms with Crippen LogP contribution in [0.5, 0.6) is 11.5 Å². The Morgan fingerprint density at radius 3 is 2.30 bits per heavy atom. The quantitative estimate of drug-likeness (QED) is 0.610. The first-order chi connectivity index (χ1) is 14.0. The van der Waals surface area contributed by atoms with Crippen LogP contribution in [0, 0.1) is 6.92 Å². The third-order valence-electron chi connectivity index (χ3n) is 4.72. The third kappa shape index (κ3) is 5.37. The van der Waals surface area contributed by atoms with Crippen LogP contribution in [0.4, 0.5) is 5.69 Å². The largest absolute Gasteiger partial charge is 0.493 e. The Balaban J connectivity index is 2.32. The zero-order valence-corrected chi connectivity index (χ0v) is 19.5. The summed E-state index contributed by atoms with van der Waals surface area (Å²) in [5, 5.41) is 0.391. The summed E-state index contributed by atoms with van der Waals surface area (Å²) in [6.45, 7) is 3.61. The van der Waals surface area contributed by atoms with E-state index in [4.69, 9.17) is 21.1 Å². The van der Waals surface area contributed by atoms with Gasteiger partial charge in [0.05, 0.1) is 26.2 Å². The molecule has 0 aliphatic heterocycles. The van der Waals surface area contributed by atoms with E-state index in [1.807, 2.05) is 6.07 Å². The van der Waals surface area contributed by atoms with E-state index in [2.05, 4.69) is 0 Å². The summed E-state index contributed by atoms with van der Waals surface area (Å²) in [6.07, 6.45) is 1.07. The topological polar surface area (TPSA) is 76.2 Å². The summed E-state index contributed by atoms with van der Waals surface area (Å²) in [6, 6.07) is 9.36. The highest BCUT2D eigenvalue weighted by molar-refractivity contribution is 7.92. The van der Waals surface area contributed by atoms with Gasteiger partial charge >= 0.3 is 0 Å². The highest BCUT2D eigenvalue weighted by Gasteiger charge is 2.32. The van der Waals surface area contributed by atoms with E-state index in [1.54, 1.807) is 58.3 Å². The van der Waals surface area contributed by atoms with Crippen LogP contribution in [0.1, 0.15) is 18.1 Å². The fourth-order valence-corrected chi connectivity index (χ4v) is 4.63. The van der Waals surface area contributed by atoms with Crippen LogP contribution in [0.2, 0.25) is 5.02 Å². The number of anilines is 1. The van der Waals surface area contributed by atoms with Crippen LogP contribution >= 0.6 is 11.6 Å². The van der Waals surface area contributed by atoms with Crippen molar-refractivity contribution in [3.63, 3.8) is 0 Å². The second kappa shape index (κ2) is 9.57. The summed E-state index contributed by atoms with van der Waals surface area (Å²) in [4.78, 5) is 14.6. The fourth-order valence-electron chi connectivity index (χ4n) is 3.24. The van der Waals surface area contributed by atoms with Crippen molar-refractivity contribution < 1.29 is 22.7 Å². The number of hydrogen-bond acceptors (Lipinski definition) is 5. The first kappa shape index (κ1) is 23.8. The number of benzene rings is 2. The maximum absolute atomic E-state index is 13.1. The molecule has 0 aromatic heterocycles. The first-order valence-corrected chi connectivity index (χ1v) is 11.4. The van der Waals surface area contributed by atoms with Crippen LogP contribution in [0.15, 0.2) is 36.4 Å². The number of amides is 1. The molecule has 2 rings (SSSR count). The molecule has 0 fully saturated rings. The number of carbonyl (C=O) groups is 1. The zero-order valence-electron chi connectivity index (χ0n) is 18.0. The lowest BCUT2D eigenvalue weighted by Crippen LogP contribution is -2.48. The predicted molar refractivity (Wildman–Crippen MR) is 119 cm³/mol. The number of methoxy groups -OCH3 is 2. The van der Waals surface area contributed by atoms with Gasteiger partial charge in [0.2, 0.25) is 15.9 Å². The van der Waals surface area contributed by atoms with Gasteiger partial charge in [-0.05, 0) is 49.2 Å². The van der Waals surface area contributed by atoms with Gasteiger partial charge in [-0.2, -0.15) is 0 Å². The summed E-state index contributed by atoms with van der Waals surface area (Å²) in [5.41, 5.74) is 1.90. The monoisotopic (exact) mass is 454 g/mol. The number of ether oxygens (including phenoxy) is 2. The van der Waals surface area contributed by atoms with E-state index in [-0.39, 0.29) is 12.5 Å². The molecular formula is C21H27ClN2O5S. The number of likely N-dealkylation sites (N-methyl/N-ethyl adjacent to an activating group) is 1. The Kier molecular flexibility index (Phi) is 7.60. The summed E-state index contributed by atoms with van der Waals surface area (Å²) < 4.78 is 36.8. The molecule has 1 atom stereocenters. The van der Waals surface area contributed by atoms with Crippen molar-refractivity contribution in [2.45, 2.75) is 26.4 Å². The Labute approximate surface area is 183 Å². The van der Waals surface area contributed by atoms with E-state index in [1.165, 1.54) is 12.0 Å². The van der Waals surface area contributed by atoms with Gasteiger partial charge in [0.25, 0.3) is 0 Å². The fraction of sp³-hybridized carbons (Fsp3) is 0.381. The molecule has 30 heavy (non-hydrogen) atoms. The molecule has 0 saturated carbocycles. The highest BCUT2D eigenvalue weighted by atomic mass is 35.5. The van der Waals surface area contributed by atoms with E-state index in [0.717, 1.165) is 16.1 Å². The van der Waals surface area contributed by atoms with Crippen LogP contribution in [0.25, 0.3) is 0 Å². The van der Waals surface area contributed by atoms with Gasteiger partial charge in [-0.3, -0.25) is 9.10 Å². The zero-order chi connectivity index (χ0) is 22.6. The number of hydrogen-bond donors (Lipinski definition) is 0. The lowest BCUT2D eigenvalue weighted by Gasteiger charge is -2.32. The molecule has 2 aromatic rings. The number of sulfonamides is 1. The Morgan fingerprint density at radius 1 is 1.10 bits per heavy atom. The van der Waals surface area contributed by atoms with Crippen molar-refractivity contribution in [1.29, 1.82) is 0 Å². The van der Waals surface area contributed by atoms with Crippen molar-refractivity contribution in [2.75, 3.05) is 31.8 Å². The van der Waals surface area contributed by atoms with Crippen LogP contribution in [0.3, 0.4) is 0 Å². The number of aryl methyl sites for hydroxylation is 1. The second-order valence-electron chi connectivity index (χ2n) is 7.05. The minimum absolute atomic E-state index is 0.273. The van der Waals surface area contributed by atoms with Crippen molar-refractivity contribution in [1.82, 2.24) is 4.90 Å². The molecule has 1 amide bonds. The van der Waals surface area contributed by atoms with Crippen molar-refractivity contribution in [2.24, 2.45) is 0 Å². The number of rotatable bonds is 8. The van der Waals surface area contributed by atoms with Crippen LogP contribution in [-0.4, -0.2) is 52.8 Å². The molecule has 0 radical (unpaired) electrons. The standard InChI is InChI=1S/C21H27ClN2O5S/c1-14-7-9-17(22)12-18(14)24(30(6,26)27)15(2)21(25)23(3)13-16-8-10-19(28-4)20(11-16)29-5/h7-12,15H,13H2,1-6H3/t15-/m0/s1. The van der Waals surface area contributed by atoms with Crippen molar-refractivity contribution in [3.8, 4) is 11.5 Å². The van der Waals surface area contributed by atoms with Gasteiger partial charge in [-0.1, -0.05) is 23.7 Å². The maximum atomic E-state index is 13.1. The van der Waals surface area contributed by atoms with Gasteiger partial charge in [0, 0.05) is 18.6 Å². The normalized spacial score (nSPS) is 12.2. The molecule has 164 valence electrons. The Hall–Kier alpha value is -2.45. The summed E-state index contributed by atoms with van der Waals surface area (Å²) in [7, 11) is 0.975. The molecule has 7 nitrogen and oxygen atoms in total. The van der Waals surface area contributed by atoms with Crippen molar-refractivity contribution >= 4 is 33.2 Å². The SMILES string of the molecule is COc1ccc(CN(C)C(=O)[C@H](C)N(c2cc(Cl)ccc2C)S(C)(=O)=O)cc1OC. The van der Waals surface area contributed by atoms with E-state index in [9.17, 15) is 13.2 Å². The molecule has 0 bridgehead atoms. The summed E-state index contributed by atoms with van der Waals surface area (Å²) in [5.74, 6) is 0.786. The molecule has 0 saturated heterocycles. The lowest BCUT2D eigenvalue weighted by atomic mass is 10.1. The van der Waals surface area contributed by atoms with Gasteiger partial charge < -0.3 is 14.4 Å². The third-order valence-corrected chi connectivity index (χ3v) is 6.18. The molecule has 0 N–H and O–H groups in total. The van der Waals surface area contributed by atoms with E-state index >= 15 is 0 Å². The van der Waals surface area contributed by atoms with E-state index in [0.29, 0.717) is 27.8 Å². The molecule has 0 aliphatic rings. The molecule has 0 unspecified atom stereocenters. The molecule has 2 aromatic carbocycles. The highest BCUT2D eigenvalue weighted by Crippen LogP contribution is 2.30. The smallest absolute Gasteiger partial charge is 0.246 e. The minimum atomic E-state index is -3.74. The molecule has 0 heterocycles. The second-order valence-corrected chi connectivity index (χ2v) is 9.35. The molecule has 0 aliphatic carbocycles. The van der Waals surface area contributed by atoms with Gasteiger partial charge in [-0.25, -0.2) is 8.42 Å². The van der Waals surface area contributed by atoms with Gasteiger partial charge in [0.1, 0.15) is 6.04 Å². The average Bonchev–Trinajstić information content (AvgIpc) is 2.68. The maximum Gasteiger partial charge on any atom is 0.246 e. The number of carbonyl (C=O) groups excluding carboxylic acids is 1. The number of halogens is 1.